The number of nitrogens with two attached hydrogens (primary N) is 1. The molecule has 0 aliphatic heterocycles. The van der Waals surface area contributed by atoms with Crippen LogP contribution in [0, 0.1) is 6.92 Å². The molecule has 2 rings (SSSR count). The molecule has 0 aliphatic rings. The second-order valence-electron chi connectivity index (χ2n) is 4.61. The van der Waals surface area contributed by atoms with Crippen LogP contribution in [-0.2, 0) is 6.54 Å². The van der Waals surface area contributed by atoms with Gasteiger partial charge in [0.15, 0.2) is 5.84 Å². The maximum atomic E-state index is 8.65. The molecule has 0 fully saturated rings. The number of hydrogen-bond donors (Lipinski definition) is 3. The van der Waals surface area contributed by atoms with Crippen molar-refractivity contribution in [2.45, 2.75) is 13.5 Å². The predicted octanol–water partition coefficient (Wildman–Crippen LogP) is 4.12. The smallest absolute Gasteiger partial charge is 0.170 e. The third-order valence-electron chi connectivity index (χ3n) is 3.10. The number of benzene rings is 2. The van der Waals surface area contributed by atoms with Crippen molar-refractivity contribution in [1.29, 1.82) is 0 Å². The molecule has 2 aromatic carbocycles. The van der Waals surface area contributed by atoms with Crippen LogP contribution >= 0.6 is 27.5 Å². The molecule has 0 unspecified atom stereocenters. The minimum absolute atomic E-state index is 0.0416. The summed E-state index contributed by atoms with van der Waals surface area (Å²) in [5, 5.41) is 15.5. The largest absolute Gasteiger partial charge is 0.409 e. The lowest BCUT2D eigenvalue weighted by Crippen LogP contribution is -2.13. The summed E-state index contributed by atoms with van der Waals surface area (Å²) < 4.78 is 1.08. The lowest BCUT2D eigenvalue weighted by Gasteiger charge is -2.10. The number of nitrogens with one attached hydrogen (secondary N) is 1. The Kier molecular flexibility index (Phi) is 5.09. The van der Waals surface area contributed by atoms with Crippen LogP contribution in [0.2, 0.25) is 5.02 Å². The molecule has 6 heteroatoms. The molecule has 0 atom stereocenters. The van der Waals surface area contributed by atoms with Crippen LogP contribution in [0.25, 0.3) is 0 Å². The summed E-state index contributed by atoms with van der Waals surface area (Å²) in [7, 11) is 0. The molecule has 0 bridgehead atoms. The molecule has 0 spiro atoms. The van der Waals surface area contributed by atoms with Crippen LogP contribution < -0.4 is 11.1 Å². The number of nitrogens with zero attached hydrogens (tertiary/aromatic N) is 1. The van der Waals surface area contributed by atoms with Crippen molar-refractivity contribution in [3.05, 3.63) is 62.6 Å². The molecule has 0 aromatic heterocycles. The van der Waals surface area contributed by atoms with Crippen LogP contribution in [-0.4, -0.2) is 11.0 Å². The minimum atomic E-state index is 0.0416. The zero-order valence-corrected chi connectivity index (χ0v) is 13.7. The van der Waals surface area contributed by atoms with Crippen molar-refractivity contribution in [3.63, 3.8) is 0 Å². The summed E-state index contributed by atoms with van der Waals surface area (Å²) in [5.74, 6) is 0.0416. The van der Waals surface area contributed by atoms with E-state index in [-0.39, 0.29) is 5.84 Å². The Hall–Kier alpha value is -1.72. The molecule has 110 valence electrons. The van der Waals surface area contributed by atoms with Crippen molar-refractivity contribution in [2.75, 3.05) is 5.32 Å². The van der Waals surface area contributed by atoms with Crippen LogP contribution in [0.15, 0.2) is 46.0 Å². The first kappa shape index (κ1) is 15.7. The number of rotatable bonds is 4. The van der Waals surface area contributed by atoms with E-state index in [1.165, 1.54) is 0 Å². The highest BCUT2D eigenvalue weighted by atomic mass is 79.9. The fourth-order valence-electron chi connectivity index (χ4n) is 1.86. The Morgan fingerprint density at radius 2 is 2.10 bits per heavy atom. The molecule has 0 amide bonds. The molecule has 0 heterocycles. The highest BCUT2D eigenvalue weighted by Gasteiger charge is 2.05. The SMILES string of the molecule is Cc1cc(NCc2ccc(/C(N)=N/O)cc2Cl)ccc1Br. The number of hydrogen-bond acceptors (Lipinski definition) is 3. The molecule has 0 saturated carbocycles. The Bertz CT molecular complexity index is 689. The van der Waals surface area contributed by atoms with Crippen molar-refractivity contribution in [1.82, 2.24) is 0 Å². The molecule has 4 N–H and O–H groups in total. The maximum absolute atomic E-state index is 8.65. The van der Waals surface area contributed by atoms with Crippen molar-refractivity contribution in [3.8, 4) is 0 Å². The number of amidine groups is 1. The first-order chi connectivity index (χ1) is 10.0. The molecular formula is C15H15BrClN3O. The van der Waals surface area contributed by atoms with Crippen LogP contribution in [0.1, 0.15) is 16.7 Å². The fourth-order valence-corrected chi connectivity index (χ4v) is 2.35. The van der Waals surface area contributed by atoms with Gasteiger partial charge in [0.25, 0.3) is 0 Å². The van der Waals surface area contributed by atoms with Gasteiger partial charge < -0.3 is 16.3 Å². The third-order valence-corrected chi connectivity index (χ3v) is 4.34. The first-order valence-electron chi connectivity index (χ1n) is 6.27. The lowest BCUT2D eigenvalue weighted by atomic mass is 10.1. The number of oxime groups is 1. The van der Waals surface area contributed by atoms with Gasteiger partial charge in [-0.1, -0.05) is 44.8 Å². The van der Waals surface area contributed by atoms with E-state index in [0.717, 1.165) is 21.3 Å². The van der Waals surface area contributed by atoms with E-state index in [1.54, 1.807) is 12.1 Å². The van der Waals surface area contributed by atoms with E-state index in [0.29, 0.717) is 17.1 Å². The molecule has 0 saturated heterocycles. The Morgan fingerprint density at radius 3 is 2.71 bits per heavy atom. The van der Waals surface area contributed by atoms with Gasteiger partial charge in [-0.05, 0) is 42.3 Å². The highest BCUT2D eigenvalue weighted by molar-refractivity contribution is 9.10. The summed E-state index contributed by atoms with van der Waals surface area (Å²) in [6, 6.07) is 11.4. The zero-order valence-electron chi connectivity index (χ0n) is 11.4. The van der Waals surface area contributed by atoms with Gasteiger partial charge in [-0.25, -0.2) is 0 Å². The number of halogens is 2. The minimum Gasteiger partial charge on any atom is -0.409 e. The second kappa shape index (κ2) is 6.83. The average Bonchev–Trinajstić information content (AvgIpc) is 2.48. The Labute approximate surface area is 136 Å². The molecule has 21 heavy (non-hydrogen) atoms. The molecule has 4 nitrogen and oxygen atoms in total. The van der Waals surface area contributed by atoms with Gasteiger partial charge in [0.05, 0.1) is 0 Å². The van der Waals surface area contributed by atoms with Gasteiger partial charge in [-0.3, -0.25) is 0 Å². The van der Waals surface area contributed by atoms with Crippen LogP contribution in [0.3, 0.4) is 0 Å². The van der Waals surface area contributed by atoms with Gasteiger partial charge in [0, 0.05) is 27.3 Å². The standard InChI is InChI=1S/C15H15BrClN3O/c1-9-6-12(4-5-13(9)16)19-8-11-3-2-10(7-14(11)17)15(18)20-21/h2-7,19,21H,8H2,1H3,(H2,18,20). The van der Waals surface area contributed by atoms with Gasteiger partial charge in [-0.2, -0.15) is 0 Å². The zero-order chi connectivity index (χ0) is 15.4. The summed E-state index contributed by atoms with van der Waals surface area (Å²) >= 11 is 9.69. The van der Waals surface area contributed by atoms with Crippen LogP contribution in [0.4, 0.5) is 5.69 Å². The molecule has 0 radical (unpaired) electrons. The summed E-state index contributed by atoms with van der Waals surface area (Å²) in [6.07, 6.45) is 0. The van der Waals surface area contributed by atoms with Crippen molar-refractivity contribution >= 4 is 39.1 Å². The predicted molar refractivity (Wildman–Crippen MR) is 90.2 cm³/mol. The van der Waals surface area contributed by atoms with Gasteiger partial charge in [0.2, 0.25) is 0 Å². The van der Waals surface area contributed by atoms with E-state index in [1.807, 2.05) is 25.1 Å². The molecule has 2 aromatic rings. The Balaban J connectivity index is 2.11. The van der Waals surface area contributed by atoms with E-state index < -0.39 is 0 Å². The summed E-state index contributed by atoms with van der Waals surface area (Å²) in [6.45, 7) is 2.63. The first-order valence-corrected chi connectivity index (χ1v) is 7.44. The molecular weight excluding hydrogens is 354 g/mol. The topological polar surface area (TPSA) is 70.6 Å². The van der Waals surface area contributed by atoms with Crippen LogP contribution in [0.5, 0.6) is 0 Å². The maximum Gasteiger partial charge on any atom is 0.170 e. The van der Waals surface area contributed by atoms with E-state index in [2.05, 4.69) is 32.5 Å². The van der Waals surface area contributed by atoms with Crippen molar-refractivity contribution < 1.29 is 5.21 Å². The van der Waals surface area contributed by atoms with E-state index in [4.69, 9.17) is 22.5 Å². The monoisotopic (exact) mass is 367 g/mol. The fraction of sp³-hybridized carbons (Fsp3) is 0.133. The van der Waals surface area contributed by atoms with Gasteiger partial charge in [0.1, 0.15) is 0 Å². The Morgan fingerprint density at radius 1 is 1.33 bits per heavy atom. The molecule has 0 aliphatic carbocycles. The average molecular weight is 369 g/mol. The van der Waals surface area contributed by atoms with Gasteiger partial charge >= 0.3 is 0 Å². The quantitative estimate of drug-likeness (QED) is 0.329. The number of aryl methyl sites for hydroxylation is 1. The summed E-state index contributed by atoms with van der Waals surface area (Å²) in [5.41, 5.74) is 9.24. The lowest BCUT2D eigenvalue weighted by molar-refractivity contribution is 0.318. The number of anilines is 1. The van der Waals surface area contributed by atoms with E-state index in [9.17, 15) is 0 Å². The highest BCUT2D eigenvalue weighted by Crippen LogP contribution is 2.22. The van der Waals surface area contributed by atoms with E-state index >= 15 is 0 Å². The van der Waals surface area contributed by atoms with Gasteiger partial charge in [-0.15, -0.1) is 0 Å². The third kappa shape index (κ3) is 3.89. The second-order valence-corrected chi connectivity index (χ2v) is 5.87. The summed E-state index contributed by atoms with van der Waals surface area (Å²) in [4.78, 5) is 0. The van der Waals surface area contributed by atoms with Crippen molar-refractivity contribution in [2.24, 2.45) is 10.9 Å². The normalized spacial score (nSPS) is 11.5.